The van der Waals surface area contributed by atoms with Gasteiger partial charge in [0.2, 0.25) is 0 Å². The number of rotatable bonds is 6. The van der Waals surface area contributed by atoms with E-state index in [1.165, 1.54) is 0 Å². The molecule has 1 unspecified atom stereocenters. The molecule has 1 saturated heterocycles. The molecule has 0 radical (unpaired) electrons. The predicted molar refractivity (Wildman–Crippen MR) is 95.3 cm³/mol. The Morgan fingerprint density at radius 3 is 3.00 bits per heavy atom. The fourth-order valence-corrected chi connectivity index (χ4v) is 3.03. The van der Waals surface area contributed by atoms with Gasteiger partial charge in [-0.3, -0.25) is 4.90 Å². The summed E-state index contributed by atoms with van der Waals surface area (Å²) in [6.45, 7) is 5.30. The maximum Gasteiger partial charge on any atom is 0.258 e. The number of halogens is 1. The first-order valence-corrected chi connectivity index (χ1v) is 8.77. The van der Waals surface area contributed by atoms with Crippen LogP contribution < -0.4 is 14.8 Å². The zero-order valence-electron chi connectivity index (χ0n) is 14.7. The van der Waals surface area contributed by atoms with Crippen molar-refractivity contribution in [1.29, 1.82) is 0 Å². The van der Waals surface area contributed by atoms with E-state index in [2.05, 4.69) is 27.4 Å². The number of aromatic nitrogens is 2. The van der Waals surface area contributed by atoms with E-state index in [1.807, 2.05) is 6.92 Å². The smallest absolute Gasteiger partial charge is 0.258 e. The maximum atomic E-state index is 6.36. The van der Waals surface area contributed by atoms with Gasteiger partial charge in [0.05, 0.1) is 24.8 Å². The molecular weight excluding hydrogens is 344 g/mol. The van der Waals surface area contributed by atoms with Crippen LogP contribution in [0, 0.1) is 0 Å². The van der Waals surface area contributed by atoms with E-state index in [-0.39, 0.29) is 6.04 Å². The van der Waals surface area contributed by atoms with E-state index in [0.29, 0.717) is 40.4 Å². The van der Waals surface area contributed by atoms with E-state index in [4.69, 9.17) is 25.6 Å². The lowest BCUT2D eigenvalue weighted by atomic mass is 10.2. The lowest BCUT2D eigenvalue weighted by Gasteiger charge is -2.30. The molecule has 1 fully saturated rings. The number of ether oxygens (including phenoxy) is 2. The lowest BCUT2D eigenvalue weighted by molar-refractivity contribution is 0.190. The van der Waals surface area contributed by atoms with Gasteiger partial charge in [0.1, 0.15) is 0 Å². The standard InChI is InChI=1S/C17H23ClN4O3/c1-4-7-24-15-12(18)8-11(9-14(15)23-3)17-20-16(21-25-17)13-10-19-5-6-22(13)2/h8-9,13,19H,4-7,10H2,1-3H3. The van der Waals surface area contributed by atoms with Crippen molar-refractivity contribution in [3.05, 3.63) is 23.0 Å². The third-order valence-corrected chi connectivity index (χ3v) is 4.46. The number of methoxy groups -OCH3 is 1. The molecule has 0 amide bonds. The molecule has 136 valence electrons. The summed E-state index contributed by atoms with van der Waals surface area (Å²) in [5, 5.41) is 7.94. The zero-order chi connectivity index (χ0) is 17.8. The van der Waals surface area contributed by atoms with Crippen LogP contribution in [0.4, 0.5) is 0 Å². The Morgan fingerprint density at radius 1 is 1.44 bits per heavy atom. The first-order valence-electron chi connectivity index (χ1n) is 8.39. The summed E-state index contributed by atoms with van der Waals surface area (Å²) in [4.78, 5) is 6.76. The average Bonchev–Trinajstić information content (AvgIpc) is 3.10. The summed E-state index contributed by atoms with van der Waals surface area (Å²) >= 11 is 6.36. The minimum absolute atomic E-state index is 0.0933. The Hall–Kier alpha value is -1.83. The van der Waals surface area contributed by atoms with Crippen molar-refractivity contribution < 1.29 is 14.0 Å². The number of likely N-dealkylation sites (N-methyl/N-ethyl adjacent to an activating group) is 1. The van der Waals surface area contributed by atoms with Gasteiger partial charge in [0.15, 0.2) is 17.3 Å². The minimum atomic E-state index is 0.0933. The minimum Gasteiger partial charge on any atom is -0.493 e. The second kappa shape index (κ2) is 8.03. The highest BCUT2D eigenvalue weighted by atomic mass is 35.5. The molecule has 7 nitrogen and oxygen atoms in total. The van der Waals surface area contributed by atoms with E-state index in [1.54, 1.807) is 19.2 Å². The van der Waals surface area contributed by atoms with Crippen LogP contribution in [0.5, 0.6) is 11.5 Å². The summed E-state index contributed by atoms with van der Waals surface area (Å²) in [7, 11) is 3.64. The van der Waals surface area contributed by atoms with Gasteiger partial charge in [-0.05, 0) is 25.6 Å². The van der Waals surface area contributed by atoms with Crippen LogP contribution in [0.3, 0.4) is 0 Å². The van der Waals surface area contributed by atoms with E-state index in [9.17, 15) is 0 Å². The predicted octanol–water partition coefficient (Wildman–Crippen LogP) is 2.76. The van der Waals surface area contributed by atoms with Crippen LogP contribution in [0.2, 0.25) is 5.02 Å². The average molecular weight is 367 g/mol. The molecule has 1 aromatic heterocycles. The number of nitrogens with zero attached hydrogens (tertiary/aromatic N) is 3. The third-order valence-electron chi connectivity index (χ3n) is 4.18. The first-order chi connectivity index (χ1) is 12.1. The fourth-order valence-electron chi connectivity index (χ4n) is 2.77. The molecule has 1 aromatic carbocycles. The van der Waals surface area contributed by atoms with Crippen molar-refractivity contribution >= 4 is 11.6 Å². The quantitative estimate of drug-likeness (QED) is 0.842. The van der Waals surface area contributed by atoms with Crippen LogP contribution in [0.15, 0.2) is 16.7 Å². The molecule has 1 atom stereocenters. The van der Waals surface area contributed by atoms with Crippen molar-refractivity contribution in [3.63, 3.8) is 0 Å². The Bertz CT molecular complexity index is 722. The summed E-state index contributed by atoms with van der Waals surface area (Å²) in [6, 6.07) is 3.66. The van der Waals surface area contributed by atoms with Gasteiger partial charge in [0, 0.05) is 25.2 Å². The van der Waals surface area contributed by atoms with Crippen LogP contribution in [-0.2, 0) is 0 Å². The number of hydrogen-bond acceptors (Lipinski definition) is 7. The molecule has 1 N–H and O–H groups in total. The van der Waals surface area contributed by atoms with Crippen molar-refractivity contribution in [3.8, 4) is 23.0 Å². The molecule has 0 spiro atoms. The number of piperazine rings is 1. The second-order valence-corrected chi connectivity index (χ2v) is 6.40. The molecule has 0 aliphatic carbocycles. The van der Waals surface area contributed by atoms with Crippen LogP contribution in [0.25, 0.3) is 11.5 Å². The van der Waals surface area contributed by atoms with Crippen molar-refractivity contribution in [2.75, 3.05) is 40.4 Å². The molecule has 8 heteroatoms. The SMILES string of the molecule is CCCOc1c(Cl)cc(-c2nc(C3CNCCN3C)no2)cc1OC. The van der Waals surface area contributed by atoms with Crippen molar-refractivity contribution in [2.24, 2.45) is 0 Å². The largest absolute Gasteiger partial charge is 0.493 e. The molecule has 1 aliphatic heterocycles. The molecule has 2 heterocycles. The van der Waals surface area contributed by atoms with Crippen LogP contribution in [0.1, 0.15) is 25.2 Å². The Kier molecular flexibility index (Phi) is 5.78. The van der Waals surface area contributed by atoms with Crippen molar-refractivity contribution in [1.82, 2.24) is 20.4 Å². The van der Waals surface area contributed by atoms with E-state index < -0.39 is 0 Å². The Labute approximate surface area is 152 Å². The monoisotopic (exact) mass is 366 g/mol. The molecule has 1 aliphatic rings. The first kappa shape index (κ1) is 18.0. The Morgan fingerprint density at radius 2 is 2.28 bits per heavy atom. The van der Waals surface area contributed by atoms with Crippen molar-refractivity contribution in [2.45, 2.75) is 19.4 Å². The van der Waals surface area contributed by atoms with Gasteiger partial charge in [-0.15, -0.1) is 0 Å². The number of nitrogens with one attached hydrogen (secondary N) is 1. The van der Waals surface area contributed by atoms with Crippen LogP contribution >= 0.6 is 11.6 Å². The topological polar surface area (TPSA) is 72.7 Å². The van der Waals surface area contributed by atoms with Gasteiger partial charge in [-0.25, -0.2) is 0 Å². The summed E-state index contributed by atoms with van der Waals surface area (Å²) in [6.07, 6.45) is 0.886. The number of hydrogen-bond donors (Lipinski definition) is 1. The molecular formula is C17H23ClN4O3. The van der Waals surface area contributed by atoms with Gasteiger partial charge >= 0.3 is 0 Å². The highest BCUT2D eigenvalue weighted by molar-refractivity contribution is 6.32. The molecule has 0 saturated carbocycles. The summed E-state index contributed by atoms with van der Waals surface area (Å²) in [5.74, 6) is 2.15. The molecule has 0 bridgehead atoms. The second-order valence-electron chi connectivity index (χ2n) is 6.00. The maximum absolute atomic E-state index is 6.36. The fraction of sp³-hybridized carbons (Fsp3) is 0.529. The zero-order valence-corrected chi connectivity index (χ0v) is 15.5. The molecule has 25 heavy (non-hydrogen) atoms. The Balaban J connectivity index is 1.88. The van der Waals surface area contributed by atoms with Gasteiger partial charge in [-0.1, -0.05) is 23.7 Å². The normalized spacial score (nSPS) is 18.3. The van der Waals surface area contributed by atoms with Crippen LogP contribution in [-0.4, -0.2) is 55.4 Å². The van der Waals surface area contributed by atoms with E-state index in [0.717, 1.165) is 26.1 Å². The summed E-state index contributed by atoms with van der Waals surface area (Å²) < 4.78 is 16.5. The van der Waals surface area contributed by atoms with Gasteiger partial charge in [0.25, 0.3) is 5.89 Å². The molecule has 3 rings (SSSR count). The molecule has 2 aromatic rings. The highest BCUT2D eigenvalue weighted by Crippen LogP contribution is 2.39. The van der Waals surface area contributed by atoms with Gasteiger partial charge in [-0.2, -0.15) is 4.98 Å². The van der Waals surface area contributed by atoms with Gasteiger partial charge < -0.3 is 19.3 Å². The lowest BCUT2D eigenvalue weighted by Crippen LogP contribution is -2.44. The highest BCUT2D eigenvalue weighted by Gasteiger charge is 2.26. The number of benzene rings is 1. The van der Waals surface area contributed by atoms with E-state index >= 15 is 0 Å². The third kappa shape index (κ3) is 3.89. The summed E-state index contributed by atoms with van der Waals surface area (Å²) in [5.41, 5.74) is 0.705.